The van der Waals surface area contributed by atoms with Crippen LogP contribution in [0, 0.1) is 6.92 Å². The zero-order chi connectivity index (χ0) is 16.4. The molecule has 1 unspecified atom stereocenters. The highest BCUT2D eigenvalue weighted by molar-refractivity contribution is 5.88. The number of nitrogens with one attached hydrogen (secondary N) is 1. The van der Waals surface area contributed by atoms with Gasteiger partial charge in [-0.1, -0.05) is 0 Å². The summed E-state index contributed by atoms with van der Waals surface area (Å²) >= 11 is 0. The monoisotopic (exact) mass is 316 g/mol. The van der Waals surface area contributed by atoms with Crippen LogP contribution in [0.2, 0.25) is 0 Å². The predicted octanol–water partition coefficient (Wildman–Crippen LogP) is 2.40. The number of hydrogen-bond acceptors (Lipinski definition) is 3. The molecular formula is C17H24N4O2. The molecule has 1 aliphatic carbocycles. The van der Waals surface area contributed by atoms with E-state index in [2.05, 4.69) is 10.3 Å². The molecule has 1 atom stereocenters. The van der Waals surface area contributed by atoms with Gasteiger partial charge in [-0.2, -0.15) is 0 Å². The van der Waals surface area contributed by atoms with Crippen molar-refractivity contribution < 1.29 is 9.59 Å². The molecule has 0 aromatic carbocycles. The lowest BCUT2D eigenvalue weighted by Crippen LogP contribution is -2.46. The van der Waals surface area contributed by atoms with E-state index in [1.807, 2.05) is 28.9 Å². The van der Waals surface area contributed by atoms with Crippen molar-refractivity contribution in [1.82, 2.24) is 14.8 Å². The number of amides is 3. The summed E-state index contributed by atoms with van der Waals surface area (Å²) < 4.78 is 0. The fraction of sp³-hybridized carbons (Fsp3) is 0.588. The van der Waals surface area contributed by atoms with Crippen LogP contribution in [0.1, 0.15) is 38.2 Å². The molecule has 1 saturated heterocycles. The zero-order valence-corrected chi connectivity index (χ0v) is 13.8. The van der Waals surface area contributed by atoms with Crippen LogP contribution in [0.15, 0.2) is 18.3 Å². The maximum absolute atomic E-state index is 12.5. The van der Waals surface area contributed by atoms with Crippen molar-refractivity contribution in [3.63, 3.8) is 0 Å². The molecule has 23 heavy (non-hydrogen) atoms. The van der Waals surface area contributed by atoms with Gasteiger partial charge in [0.1, 0.15) is 5.82 Å². The Bertz CT molecular complexity index is 600. The van der Waals surface area contributed by atoms with Crippen molar-refractivity contribution in [2.75, 3.05) is 18.4 Å². The summed E-state index contributed by atoms with van der Waals surface area (Å²) in [6.07, 6.45) is 5.80. The second kappa shape index (κ2) is 6.56. The Morgan fingerprint density at radius 1 is 1.39 bits per heavy atom. The van der Waals surface area contributed by atoms with Crippen LogP contribution in [-0.2, 0) is 4.79 Å². The normalized spacial score (nSPS) is 20.4. The molecule has 0 bridgehead atoms. The number of likely N-dealkylation sites (tertiary alicyclic amines) is 1. The lowest BCUT2D eigenvalue weighted by Gasteiger charge is -2.30. The minimum atomic E-state index is -0.120. The van der Waals surface area contributed by atoms with Gasteiger partial charge in [-0.05, 0) is 50.3 Å². The van der Waals surface area contributed by atoms with Gasteiger partial charge in [-0.15, -0.1) is 0 Å². The number of pyridine rings is 1. The van der Waals surface area contributed by atoms with E-state index in [0.29, 0.717) is 18.4 Å². The van der Waals surface area contributed by atoms with Crippen molar-refractivity contribution in [3.8, 4) is 0 Å². The van der Waals surface area contributed by atoms with Gasteiger partial charge in [0, 0.05) is 32.3 Å². The van der Waals surface area contributed by atoms with E-state index in [9.17, 15) is 9.59 Å². The van der Waals surface area contributed by atoms with E-state index in [1.165, 1.54) is 0 Å². The summed E-state index contributed by atoms with van der Waals surface area (Å²) in [6.45, 7) is 4.97. The van der Waals surface area contributed by atoms with Crippen molar-refractivity contribution in [3.05, 3.63) is 23.9 Å². The smallest absolute Gasteiger partial charge is 0.323 e. The Morgan fingerprint density at radius 3 is 2.83 bits per heavy atom. The van der Waals surface area contributed by atoms with Crippen molar-refractivity contribution >= 4 is 17.8 Å². The Balaban J connectivity index is 1.63. The highest BCUT2D eigenvalue weighted by Gasteiger charge is 2.36. The molecule has 2 fully saturated rings. The number of carbonyl (C=O) groups is 2. The maximum Gasteiger partial charge on any atom is 0.323 e. The molecule has 0 spiro atoms. The molecule has 1 aliphatic heterocycles. The third-order valence-corrected chi connectivity index (χ3v) is 4.59. The lowest BCUT2D eigenvalue weighted by molar-refractivity contribution is -0.130. The number of rotatable bonds is 4. The van der Waals surface area contributed by atoms with E-state index in [-0.39, 0.29) is 18.0 Å². The second-order valence-electron chi connectivity index (χ2n) is 6.54. The Hall–Kier alpha value is -2.11. The van der Waals surface area contributed by atoms with Gasteiger partial charge in [-0.3, -0.25) is 10.1 Å². The number of nitrogens with zero attached hydrogens (tertiary/aromatic N) is 3. The fourth-order valence-electron chi connectivity index (χ4n) is 3.23. The summed E-state index contributed by atoms with van der Waals surface area (Å²) in [5.41, 5.74) is 1.06. The number of aromatic nitrogens is 1. The molecule has 1 aromatic rings. The van der Waals surface area contributed by atoms with Gasteiger partial charge in [0.05, 0.1) is 6.04 Å². The molecule has 0 radical (unpaired) electrons. The SMILES string of the molecule is CC(=O)N(CC1CCCN1C(=O)Nc1cc(C)ccn1)C1CC1. The van der Waals surface area contributed by atoms with Gasteiger partial charge >= 0.3 is 6.03 Å². The quantitative estimate of drug-likeness (QED) is 0.927. The van der Waals surface area contributed by atoms with Gasteiger partial charge in [0.15, 0.2) is 0 Å². The third-order valence-electron chi connectivity index (χ3n) is 4.59. The van der Waals surface area contributed by atoms with E-state index >= 15 is 0 Å². The topological polar surface area (TPSA) is 65.5 Å². The van der Waals surface area contributed by atoms with Crippen LogP contribution in [0.25, 0.3) is 0 Å². The highest BCUT2D eigenvalue weighted by Crippen LogP contribution is 2.29. The molecule has 2 aliphatic rings. The van der Waals surface area contributed by atoms with E-state index < -0.39 is 0 Å². The molecule has 1 saturated carbocycles. The van der Waals surface area contributed by atoms with E-state index in [4.69, 9.17) is 0 Å². The molecule has 6 heteroatoms. The summed E-state index contributed by atoms with van der Waals surface area (Å²) in [6, 6.07) is 4.12. The van der Waals surface area contributed by atoms with Crippen molar-refractivity contribution in [1.29, 1.82) is 0 Å². The summed E-state index contributed by atoms with van der Waals surface area (Å²) in [5, 5.41) is 2.87. The molecule has 6 nitrogen and oxygen atoms in total. The minimum absolute atomic E-state index is 0.101. The highest BCUT2D eigenvalue weighted by atomic mass is 16.2. The summed E-state index contributed by atoms with van der Waals surface area (Å²) in [4.78, 5) is 32.3. The lowest BCUT2D eigenvalue weighted by atomic mass is 10.2. The average molecular weight is 316 g/mol. The summed E-state index contributed by atoms with van der Waals surface area (Å²) in [7, 11) is 0. The average Bonchev–Trinajstić information content (AvgIpc) is 3.22. The molecule has 2 heterocycles. The van der Waals surface area contributed by atoms with Crippen LogP contribution in [0.5, 0.6) is 0 Å². The van der Waals surface area contributed by atoms with Gasteiger partial charge in [0.25, 0.3) is 0 Å². The molecule has 1 N–H and O–H groups in total. The molecule has 124 valence electrons. The number of aryl methyl sites for hydroxylation is 1. The van der Waals surface area contributed by atoms with Crippen molar-refractivity contribution in [2.24, 2.45) is 0 Å². The largest absolute Gasteiger partial charge is 0.338 e. The molecule has 3 rings (SSSR count). The minimum Gasteiger partial charge on any atom is -0.338 e. The fourth-order valence-corrected chi connectivity index (χ4v) is 3.23. The van der Waals surface area contributed by atoms with Crippen LogP contribution in [0.4, 0.5) is 10.6 Å². The zero-order valence-electron chi connectivity index (χ0n) is 13.8. The molecule has 3 amide bonds. The van der Waals surface area contributed by atoms with Crippen LogP contribution >= 0.6 is 0 Å². The third kappa shape index (κ3) is 3.81. The van der Waals surface area contributed by atoms with Crippen LogP contribution < -0.4 is 5.32 Å². The number of carbonyl (C=O) groups excluding carboxylic acids is 2. The predicted molar refractivity (Wildman–Crippen MR) is 88.1 cm³/mol. The number of anilines is 1. The first-order valence-corrected chi connectivity index (χ1v) is 8.32. The second-order valence-corrected chi connectivity index (χ2v) is 6.54. The number of urea groups is 1. The van der Waals surface area contributed by atoms with E-state index in [0.717, 1.165) is 37.8 Å². The number of hydrogen-bond donors (Lipinski definition) is 1. The standard InChI is InChI=1S/C17H24N4O2/c1-12-7-8-18-16(10-12)19-17(23)20-9-3-4-15(20)11-21(13(2)22)14-5-6-14/h7-8,10,14-15H,3-6,9,11H2,1-2H3,(H,18,19,23). The first-order chi connectivity index (χ1) is 11.0. The first-order valence-electron chi connectivity index (χ1n) is 8.32. The van der Waals surface area contributed by atoms with Crippen molar-refractivity contribution in [2.45, 2.75) is 51.6 Å². The van der Waals surface area contributed by atoms with Gasteiger partial charge in [0.2, 0.25) is 5.91 Å². The summed E-state index contributed by atoms with van der Waals surface area (Å²) in [5.74, 6) is 0.686. The van der Waals surface area contributed by atoms with Crippen LogP contribution in [-0.4, -0.2) is 51.9 Å². The Kier molecular flexibility index (Phi) is 4.50. The molecule has 1 aromatic heterocycles. The maximum atomic E-state index is 12.5. The molecular weight excluding hydrogens is 292 g/mol. The van der Waals surface area contributed by atoms with Gasteiger partial charge in [-0.25, -0.2) is 9.78 Å². The van der Waals surface area contributed by atoms with E-state index in [1.54, 1.807) is 13.1 Å². The van der Waals surface area contributed by atoms with Gasteiger partial charge < -0.3 is 9.80 Å². The Morgan fingerprint density at radius 2 is 2.17 bits per heavy atom. The first kappa shape index (κ1) is 15.8. The Labute approximate surface area is 136 Å². The van der Waals surface area contributed by atoms with Crippen LogP contribution in [0.3, 0.4) is 0 Å².